The van der Waals surface area contributed by atoms with E-state index in [1.165, 1.54) is 51.4 Å². The summed E-state index contributed by atoms with van der Waals surface area (Å²) >= 11 is 0. The van der Waals surface area contributed by atoms with E-state index >= 15 is 0 Å². The molecule has 0 aromatic rings. The van der Waals surface area contributed by atoms with Gasteiger partial charge in [-0.1, -0.05) is 45.4 Å². The molecule has 1 rings (SSSR count). The zero-order chi connectivity index (χ0) is 11.6. The number of nitriles is 1. The fourth-order valence-electron chi connectivity index (χ4n) is 2.55. The Morgan fingerprint density at radius 1 is 1.12 bits per heavy atom. The average Bonchev–Trinajstić information content (AvgIpc) is 2.75. The van der Waals surface area contributed by atoms with Crippen LogP contribution >= 0.6 is 0 Å². The van der Waals surface area contributed by atoms with E-state index in [0.717, 1.165) is 13.0 Å². The Balaban J connectivity index is 1.93. The number of nitrogens with zero attached hydrogens (tertiary/aromatic N) is 1. The van der Waals surface area contributed by atoms with E-state index in [1.807, 2.05) is 0 Å². The number of hydrogen-bond donors (Lipinski definition) is 1. The van der Waals surface area contributed by atoms with E-state index in [1.54, 1.807) is 0 Å². The maximum Gasteiger partial charge on any atom is 0.0672 e. The van der Waals surface area contributed by atoms with Gasteiger partial charge in [0.25, 0.3) is 0 Å². The molecule has 0 spiro atoms. The van der Waals surface area contributed by atoms with Gasteiger partial charge in [-0.25, -0.2) is 0 Å². The van der Waals surface area contributed by atoms with Gasteiger partial charge in [0, 0.05) is 6.04 Å². The molecule has 0 amide bonds. The van der Waals surface area contributed by atoms with Crippen molar-refractivity contribution >= 4 is 0 Å². The minimum Gasteiger partial charge on any atom is -0.313 e. The molecule has 0 aromatic carbocycles. The van der Waals surface area contributed by atoms with Crippen LogP contribution < -0.4 is 5.32 Å². The Labute approximate surface area is 100 Å². The zero-order valence-corrected chi connectivity index (χ0v) is 10.7. The van der Waals surface area contributed by atoms with Gasteiger partial charge in [0.15, 0.2) is 0 Å². The highest BCUT2D eigenvalue weighted by Gasteiger charge is 2.25. The van der Waals surface area contributed by atoms with E-state index in [-0.39, 0.29) is 5.92 Å². The predicted molar refractivity (Wildman–Crippen MR) is 68.1 cm³/mol. The molecule has 1 fully saturated rings. The van der Waals surface area contributed by atoms with Gasteiger partial charge in [-0.05, 0) is 25.8 Å². The van der Waals surface area contributed by atoms with E-state index < -0.39 is 0 Å². The zero-order valence-electron chi connectivity index (χ0n) is 10.7. The average molecular weight is 222 g/mol. The smallest absolute Gasteiger partial charge is 0.0672 e. The Kier molecular flexibility index (Phi) is 7.25. The number of nitrogens with one attached hydrogen (secondary N) is 1. The van der Waals surface area contributed by atoms with Crippen LogP contribution in [-0.2, 0) is 0 Å². The van der Waals surface area contributed by atoms with E-state index in [9.17, 15) is 0 Å². The summed E-state index contributed by atoms with van der Waals surface area (Å²) in [6.45, 7) is 3.36. The second kappa shape index (κ2) is 8.58. The molecule has 0 bridgehead atoms. The highest BCUT2D eigenvalue weighted by molar-refractivity contribution is 4.96. The number of rotatable bonds is 8. The third-order valence-corrected chi connectivity index (χ3v) is 3.62. The summed E-state index contributed by atoms with van der Waals surface area (Å²) in [5, 5.41) is 12.5. The molecule has 2 unspecified atom stereocenters. The lowest BCUT2D eigenvalue weighted by atomic mass is 10.1. The summed E-state index contributed by atoms with van der Waals surface area (Å²) in [5.74, 6) is 0.278. The van der Waals surface area contributed by atoms with Gasteiger partial charge in [-0.2, -0.15) is 5.26 Å². The van der Waals surface area contributed by atoms with Crippen LogP contribution in [0.1, 0.15) is 64.7 Å². The van der Waals surface area contributed by atoms with E-state index in [0.29, 0.717) is 6.04 Å². The van der Waals surface area contributed by atoms with Gasteiger partial charge in [0.05, 0.1) is 12.0 Å². The SMILES string of the molecule is CCCCCCCCNC1CCCC1C#N. The van der Waals surface area contributed by atoms with Crippen LogP contribution in [-0.4, -0.2) is 12.6 Å². The van der Waals surface area contributed by atoms with Gasteiger partial charge in [0.2, 0.25) is 0 Å². The molecule has 92 valence electrons. The topological polar surface area (TPSA) is 35.8 Å². The molecule has 0 aromatic heterocycles. The first-order valence-corrected chi connectivity index (χ1v) is 7.01. The van der Waals surface area contributed by atoms with Crippen molar-refractivity contribution in [2.24, 2.45) is 5.92 Å². The van der Waals surface area contributed by atoms with E-state index in [2.05, 4.69) is 18.3 Å². The van der Waals surface area contributed by atoms with Gasteiger partial charge in [-0.15, -0.1) is 0 Å². The summed E-state index contributed by atoms with van der Waals surface area (Å²) < 4.78 is 0. The van der Waals surface area contributed by atoms with Crippen molar-refractivity contribution in [1.29, 1.82) is 5.26 Å². The van der Waals surface area contributed by atoms with Crippen LogP contribution in [0, 0.1) is 17.2 Å². The van der Waals surface area contributed by atoms with Crippen molar-refractivity contribution in [2.75, 3.05) is 6.54 Å². The minimum absolute atomic E-state index is 0.278. The standard InChI is InChI=1S/C14H26N2/c1-2-3-4-5-6-7-11-16-14-10-8-9-13(14)12-15/h13-14,16H,2-11H2,1H3. The van der Waals surface area contributed by atoms with Crippen molar-refractivity contribution in [3.05, 3.63) is 0 Å². The molecular formula is C14H26N2. The summed E-state index contributed by atoms with van der Waals surface area (Å²) in [5.41, 5.74) is 0. The molecular weight excluding hydrogens is 196 g/mol. The van der Waals surface area contributed by atoms with Crippen LogP contribution in [0.4, 0.5) is 0 Å². The molecule has 2 nitrogen and oxygen atoms in total. The Bertz CT molecular complexity index is 207. The first-order chi connectivity index (χ1) is 7.88. The van der Waals surface area contributed by atoms with Crippen molar-refractivity contribution in [3.8, 4) is 6.07 Å². The number of hydrogen-bond acceptors (Lipinski definition) is 2. The molecule has 2 atom stereocenters. The lowest BCUT2D eigenvalue weighted by Gasteiger charge is -2.15. The van der Waals surface area contributed by atoms with Crippen molar-refractivity contribution in [3.63, 3.8) is 0 Å². The summed E-state index contributed by atoms with van der Waals surface area (Å²) in [7, 11) is 0. The molecule has 2 heteroatoms. The fourth-order valence-corrected chi connectivity index (χ4v) is 2.55. The highest BCUT2D eigenvalue weighted by Crippen LogP contribution is 2.24. The maximum absolute atomic E-state index is 8.95. The van der Waals surface area contributed by atoms with Gasteiger partial charge < -0.3 is 5.32 Å². The van der Waals surface area contributed by atoms with Crippen LogP contribution in [0.15, 0.2) is 0 Å². The monoisotopic (exact) mass is 222 g/mol. The molecule has 1 aliphatic carbocycles. The van der Waals surface area contributed by atoms with Gasteiger partial charge >= 0.3 is 0 Å². The molecule has 0 aliphatic heterocycles. The molecule has 0 heterocycles. The predicted octanol–water partition coefficient (Wildman–Crippen LogP) is 3.63. The molecule has 1 aliphatic rings. The molecule has 0 radical (unpaired) electrons. The fraction of sp³-hybridized carbons (Fsp3) is 0.929. The Hall–Kier alpha value is -0.550. The Morgan fingerprint density at radius 2 is 1.88 bits per heavy atom. The Morgan fingerprint density at radius 3 is 2.62 bits per heavy atom. The largest absolute Gasteiger partial charge is 0.313 e. The number of unbranched alkanes of at least 4 members (excludes halogenated alkanes) is 5. The quantitative estimate of drug-likeness (QED) is 0.637. The third-order valence-electron chi connectivity index (χ3n) is 3.62. The lowest BCUT2D eigenvalue weighted by Crippen LogP contribution is -2.32. The first-order valence-electron chi connectivity index (χ1n) is 7.01. The summed E-state index contributed by atoms with van der Waals surface area (Å²) in [6.07, 6.45) is 11.6. The third kappa shape index (κ3) is 4.99. The second-order valence-corrected chi connectivity index (χ2v) is 4.99. The lowest BCUT2D eigenvalue weighted by molar-refractivity contribution is 0.452. The molecule has 16 heavy (non-hydrogen) atoms. The van der Waals surface area contributed by atoms with Crippen LogP contribution in [0.25, 0.3) is 0 Å². The van der Waals surface area contributed by atoms with Crippen LogP contribution in [0.3, 0.4) is 0 Å². The highest BCUT2D eigenvalue weighted by atomic mass is 14.9. The minimum atomic E-state index is 0.278. The normalized spacial score (nSPS) is 24.5. The van der Waals surface area contributed by atoms with Crippen LogP contribution in [0.2, 0.25) is 0 Å². The van der Waals surface area contributed by atoms with Crippen molar-refractivity contribution in [1.82, 2.24) is 5.32 Å². The molecule has 0 saturated heterocycles. The van der Waals surface area contributed by atoms with Crippen LogP contribution in [0.5, 0.6) is 0 Å². The van der Waals surface area contributed by atoms with Gasteiger partial charge in [-0.3, -0.25) is 0 Å². The van der Waals surface area contributed by atoms with Gasteiger partial charge in [0.1, 0.15) is 0 Å². The van der Waals surface area contributed by atoms with Crippen molar-refractivity contribution in [2.45, 2.75) is 70.8 Å². The second-order valence-electron chi connectivity index (χ2n) is 4.99. The van der Waals surface area contributed by atoms with E-state index in [4.69, 9.17) is 5.26 Å². The summed E-state index contributed by atoms with van der Waals surface area (Å²) in [6, 6.07) is 2.91. The first kappa shape index (κ1) is 13.5. The maximum atomic E-state index is 8.95. The molecule has 1 N–H and O–H groups in total. The molecule has 1 saturated carbocycles. The summed E-state index contributed by atoms with van der Waals surface area (Å²) in [4.78, 5) is 0. The van der Waals surface area contributed by atoms with Crippen molar-refractivity contribution < 1.29 is 0 Å².